The SMILES string of the molecule is O=C(COc1ccc2ccccc2c1)Nc1ccc(N2CCN(c3c(F)c(F)c(F)c(F)c3F)CC2)cc1. The third-order valence-corrected chi connectivity index (χ3v) is 6.39. The number of carbonyl (C=O) groups excluding carboxylic acids is 1. The van der Waals surface area contributed by atoms with Crippen molar-refractivity contribution >= 4 is 33.7 Å². The third kappa shape index (κ3) is 5.06. The summed E-state index contributed by atoms with van der Waals surface area (Å²) >= 11 is 0. The van der Waals surface area contributed by atoms with Crippen molar-refractivity contribution in [3.63, 3.8) is 0 Å². The lowest BCUT2D eigenvalue weighted by Gasteiger charge is -2.37. The summed E-state index contributed by atoms with van der Waals surface area (Å²) in [6.45, 7) is 0.543. The Morgan fingerprint density at radius 3 is 1.95 bits per heavy atom. The molecule has 196 valence electrons. The minimum Gasteiger partial charge on any atom is -0.484 e. The van der Waals surface area contributed by atoms with Gasteiger partial charge in [-0.2, -0.15) is 0 Å². The van der Waals surface area contributed by atoms with Gasteiger partial charge >= 0.3 is 0 Å². The minimum atomic E-state index is -2.17. The lowest BCUT2D eigenvalue weighted by Crippen LogP contribution is -2.47. The average molecular weight is 527 g/mol. The number of amides is 1. The summed E-state index contributed by atoms with van der Waals surface area (Å²) in [5.41, 5.74) is 0.429. The van der Waals surface area contributed by atoms with Gasteiger partial charge in [0.05, 0.1) is 0 Å². The fourth-order valence-corrected chi connectivity index (χ4v) is 4.42. The Labute approximate surface area is 215 Å². The van der Waals surface area contributed by atoms with Gasteiger partial charge in [0.15, 0.2) is 29.9 Å². The van der Waals surface area contributed by atoms with E-state index in [2.05, 4.69) is 5.32 Å². The molecular formula is C28H22F5N3O2. The van der Waals surface area contributed by atoms with Crippen LogP contribution in [0.15, 0.2) is 66.7 Å². The van der Waals surface area contributed by atoms with Gasteiger partial charge in [0.25, 0.3) is 5.91 Å². The van der Waals surface area contributed by atoms with Crippen LogP contribution < -0.4 is 19.9 Å². The molecule has 1 amide bonds. The number of nitrogens with one attached hydrogen (secondary N) is 1. The number of piperazine rings is 1. The summed E-state index contributed by atoms with van der Waals surface area (Å²) in [5.74, 6) is -9.50. The molecule has 0 saturated carbocycles. The highest BCUT2D eigenvalue weighted by Crippen LogP contribution is 2.31. The third-order valence-electron chi connectivity index (χ3n) is 6.39. The van der Waals surface area contributed by atoms with Crippen LogP contribution >= 0.6 is 0 Å². The summed E-state index contributed by atoms with van der Waals surface area (Å²) in [6, 6.07) is 20.4. The zero-order valence-electron chi connectivity index (χ0n) is 20.0. The Morgan fingerprint density at radius 1 is 0.711 bits per heavy atom. The first-order chi connectivity index (χ1) is 18.3. The highest BCUT2D eigenvalue weighted by Gasteiger charge is 2.30. The first-order valence-electron chi connectivity index (χ1n) is 11.8. The maximum Gasteiger partial charge on any atom is 0.262 e. The van der Waals surface area contributed by atoms with Crippen molar-refractivity contribution < 1.29 is 31.5 Å². The number of benzene rings is 4. The predicted molar refractivity (Wildman–Crippen MR) is 135 cm³/mol. The van der Waals surface area contributed by atoms with Gasteiger partial charge in [-0.25, -0.2) is 22.0 Å². The number of hydrogen-bond acceptors (Lipinski definition) is 4. The Morgan fingerprint density at radius 2 is 1.29 bits per heavy atom. The summed E-state index contributed by atoms with van der Waals surface area (Å²) in [5, 5.41) is 4.84. The molecule has 1 N–H and O–H groups in total. The Bertz CT molecular complexity index is 1460. The number of nitrogens with zero attached hydrogens (tertiary/aromatic N) is 2. The van der Waals surface area contributed by atoms with Gasteiger partial charge in [-0.05, 0) is 47.2 Å². The quantitative estimate of drug-likeness (QED) is 0.193. The lowest BCUT2D eigenvalue weighted by atomic mass is 10.1. The van der Waals surface area contributed by atoms with E-state index in [0.717, 1.165) is 21.4 Å². The van der Waals surface area contributed by atoms with E-state index >= 15 is 0 Å². The summed E-state index contributed by atoms with van der Waals surface area (Å²) < 4.78 is 74.4. The van der Waals surface area contributed by atoms with Crippen molar-refractivity contribution in [3.05, 3.63) is 95.8 Å². The molecule has 1 heterocycles. The van der Waals surface area contributed by atoms with Crippen molar-refractivity contribution in [3.8, 4) is 5.75 Å². The maximum atomic E-state index is 14.1. The molecule has 5 nitrogen and oxygen atoms in total. The zero-order chi connectivity index (χ0) is 26.8. The highest BCUT2D eigenvalue weighted by atomic mass is 19.2. The number of ether oxygens (including phenoxy) is 1. The molecule has 0 spiro atoms. The minimum absolute atomic E-state index is 0.0585. The lowest BCUT2D eigenvalue weighted by molar-refractivity contribution is -0.118. The molecule has 10 heteroatoms. The number of halogens is 5. The molecule has 38 heavy (non-hydrogen) atoms. The molecule has 0 aliphatic carbocycles. The molecule has 5 rings (SSSR count). The topological polar surface area (TPSA) is 44.8 Å². The van der Waals surface area contributed by atoms with Crippen LogP contribution in [0.25, 0.3) is 10.8 Å². The molecular weight excluding hydrogens is 505 g/mol. The number of carbonyl (C=O) groups is 1. The molecule has 4 aromatic rings. The largest absolute Gasteiger partial charge is 0.484 e. The van der Waals surface area contributed by atoms with Crippen LogP contribution in [-0.4, -0.2) is 38.7 Å². The normalized spacial score (nSPS) is 13.6. The van der Waals surface area contributed by atoms with Crippen LogP contribution in [0.3, 0.4) is 0 Å². The van der Waals surface area contributed by atoms with E-state index in [4.69, 9.17) is 4.74 Å². The van der Waals surface area contributed by atoms with Crippen molar-refractivity contribution in [1.29, 1.82) is 0 Å². The van der Waals surface area contributed by atoms with Gasteiger partial charge < -0.3 is 19.9 Å². The summed E-state index contributed by atoms with van der Waals surface area (Å²) in [7, 11) is 0. The molecule has 4 aromatic carbocycles. The number of anilines is 3. The van der Waals surface area contributed by atoms with Crippen molar-refractivity contribution in [2.75, 3.05) is 47.9 Å². The van der Waals surface area contributed by atoms with Crippen molar-refractivity contribution in [2.24, 2.45) is 0 Å². The molecule has 1 aliphatic heterocycles. The van der Waals surface area contributed by atoms with E-state index in [9.17, 15) is 26.7 Å². The highest BCUT2D eigenvalue weighted by molar-refractivity contribution is 5.92. The number of fused-ring (bicyclic) bond motifs is 1. The molecule has 0 atom stereocenters. The molecule has 0 unspecified atom stereocenters. The van der Waals surface area contributed by atoms with Crippen LogP contribution in [0.4, 0.5) is 39.0 Å². The van der Waals surface area contributed by atoms with Gasteiger partial charge in [0.1, 0.15) is 11.4 Å². The summed E-state index contributed by atoms with van der Waals surface area (Å²) in [4.78, 5) is 15.4. The van der Waals surface area contributed by atoms with E-state index in [1.165, 1.54) is 0 Å². The second kappa shape index (κ2) is 10.6. The first-order valence-corrected chi connectivity index (χ1v) is 11.8. The van der Waals surface area contributed by atoms with Crippen LogP contribution in [0.2, 0.25) is 0 Å². The van der Waals surface area contributed by atoms with Gasteiger partial charge in [0, 0.05) is 37.6 Å². The van der Waals surface area contributed by atoms with E-state index in [-0.39, 0.29) is 25.6 Å². The molecule has 0 radical (unpaired) electrons. The number of rotatable bonds is 6. The van der Waals surface area contributed by atoms with Crippen molar-refractivity contribution in [1.82, 2.24) is 0 Å². The summed E-state index contributed by atoms with van der Waals surface area (Å²) in [6.07, 6.45) is 0. The second-order valence-corrected chi connectivity index (χ2v) is 8.79. The second-order valence-electron chi connectivity index (χ2n) is 8.79. The van der Waals surface area contributed by atoms with Gasteiger partial charge in [-0.3, -0.25) is 4.79 Å². The van der Waals surface area contributed by atoms with E-state index in [1.807, 2.05) is 41.3 Å². The van der Waals surface area contributed by atoms with Gasteiger partial charge in [-0.1, -0.05) is 30.3 Å². The van der Waals surface area contributed by atoms with Crippen LogP contribution in [0.1, 0.15) is 0 Å². The van der Waals surface area contributed by atoms with Crippen molar-refractivity contribution in [2.45, 2.75) is 0 Å². The van der Waals surface area contributed by atoms with Gasteiger partial charge in [-0.15, -0.1) is 0 Å². The van der Waals surface area contributed by atoms with E-state index in [1.54, 1.807) is 30.3 Å². The molecule has 1 fully saturated rings. The maximum absolute atomic E-state index is 14.1. The van der Waals surface area contributed by atoms with Crippen LogP contribution in [-0.2, 0) is 4.79 Å². The fraction of sp³-hybridized carbons (Fsp3) is 0.179. The fourth-order valence-electron chi connectivity index (χ4n) is 4.42. The molecule has 1 saturated heterocycles. The zero-order valence-corrected chi connectivity index (χ0v) is 20.0. The Kier molecular flexibility index (Phi) is 7.04. The van der Waals surface area contributed by atoms with Gasteiger partial charge in [0.2, 0.25) is 5.82 Å². The Hall–Kier alpha value is -4.34. The molecule has 0 bridgehead atoms. The molecule has 1 aliphatic rings. The van der Waals surface area contributed by atoms with Crippen LogP contribution in [0.5, 0.6) is 5.75 Å². The first kappa shape index (κ1) is 25.3. The van der Waals surface area contributed by atoms with E-state index in [0.29, 0.717) is 24.5 Å². The smallest absolute Gasteiger partial charge is 0.262 e. The van der Waals surface area contributed by atoms with E-state index < -0.39 is 34.8 Å². The monoisotopic (exact) mass is 527 g/mol. The average Bonchev–Trinajstić information content (AvgIpc) is 2.95. The molecule has 0 aromatic heterocycles. The Balaban J connectivity index is 1.15. The standard InChI is InChI=1S/C28H22F5N3O2/c29-23-24(30)26(32)28(27(33)25(23)31)36-13-11-35(12-14-36)20-8-6-19(7-9-20)34-22(37)16-38-21-10-5-17-3-1-2-4-18(17)15-21/h1-10,15H,11-14,16H2,(H,34,37). The number of hydrogen-bond donors (Lipinski definition) is 1. The van der Waals surface area contributed by atoms with Crippen LogP contribution in [0, 0.1) is 29.1 Å². The predicted octanol–water partition coefficient (Wildman–Crippen LogP) is 5.88.